The highest BCUT2D eigenvalue weighted by Gasteiger charge is 2.08. The van der Waals surface area contributed by atoms with Crippen LogP contribution in [0.1, 0.15) is 5.56 Å². The molecule has 0 saturated heterocycles. The van der Waals surface area contributed by atoms with Crippen molar-refractivity contribution in [1.29, 1.82) is 5.26 Å². The first-order valence-corrected chi connectivity index (χ1v) is 7.04. The molecule has 70 valence electrons. The Morgan fingerprint density at radius 1 is 1.50 bits per heavy atom. The highest BCUT2D eigenvalue weighted by molar-refractivity contribution is 14.1. The largest absolute Gasteiger partial charge is 0.192 e. The average molecular weight is 331 g/mol. The summed E-state index contributed by atoms with van der Waals surface area (Å²) in [5.74, 6) is 0. The molecule has 0 aliphatic rings. The number of halogens is 1. The zero-order chi connectivity index (χ0) is 10.1. The molecule has 0 atom stereocenters. The summed E-state index contributed by atoms with van der Waals surface area (Å²) in [7, 11) is 0. The number of rotatable bonds is 1. The SMILES string of the molecule is CSc1ccc(C#N)c2sc(I)cc12. The van der Waals surface area contributed by atoms with Crippen LogP contribution in [-0.2, 0) is 0 Å². The third-order valence-electron chi connectivity index (χ3n) is 1.95. The molecule has 0 unspecified atom stereocenters. The summed E-state index contributed by atoms with van der Waals surface area (Å²) in [6, 6.07) is 8.30. The van der Waals surface area contributed by atoms with Gasteiger partial charge >= 0.3 is 0 Å². The Bertz CT molecular complexity index is 525. The van der Waals surface area contributed by atoms with Crippen molar-refractivity contribution in [3.8, 4) is 6.07 Å². The molecule has 1 nitrogen and oxygen atoms in total. The number of thioether (sulfide) groups is 1. The summed E-state index contributed by atoms with van der Waals surface area (Å²) >= 11 is 5.71. The van der Waals surface area contributed by atoms with Crippen LogP contribution in [0.3, 0.4) is 0 Å². The predicted octanol–water partition coefficient (Wildman–Crippen LogP) is 4.10. The van der Waals surface area contributed by atoms with E-state index in [2.05, 4.69) is 41.0 Å². The van der Waals surface area contributed by atoms with Crippen LogP contribution in [-0.4, -0.2) is 6.26 Å². The maximum absolute atomic E-state index is 8.96. The minimum absolute atomic E-state index is 0.783. The quantitative estimate of drug-likeness (QED) is 0.580. The van der Waals surface area contributed by atoms with Gasteiger partial charge in [-0.05, 0) is 47.0 Å². The van der Waals surface area contributed by atoms with Crippen LogP contribution < -0.4 is 0 Å². The van der Waals surface area contributed by atoms with Gasteiger partial charge in [-0.25, -0.2) is 0 Å². The maximum atomic E-state index is 8.96. The number of benzene rings is 1. The molecule has 1 aromatic carbocycles. The van der Waals surface area contributed by atoms with Gasteiger partial charge in [0.1, 0.15) is 6.07 Å². The van der Waals surface area contributed by atoms with Crippen molar-refractivity contribution in [1.82, 2.24) is 0 Å². The lowest BCUT2D eigenvalue weighted by Gasteiger charge is -1.99. The van der Waals surface area contributed by atoms with Gasteiger partial charge in [0.25, 0.3) is 0 Å². The molecule has 0 N–H and O–H groups in total. The number of hydrogen-bond donors (Lipinski definition) is 0. The minimum Gasteiger partial charge on any atom is -0.192 e. The molecule has 0 bridgehead atoms. The fraction of sp³-hybridized carbons (Fsp3) is 0.100. The van der Waals surface area contributed by atoms with Crippen LogP contribution in [0.5, 0.6) is 0 Å². The maximum Gasteiger partial charge on any atom is 0.101 e. The van der Waals surface area contributed by atoms with E-state index in [-0.39, 0.29) is 0 Å². The molecule has 14 heavy (non-hydrogen) atoms. The molecule has 2 rings (SSSR count). The van der Waals surface area contributed by atoms with E-state index in [0.29, 0.717) is 0 Å². The van der Waals surface area contributed by atoms with E-state index in [0.717, 1.165) is 10.3 Å². The van der Waals surface area contributed by atoms with Crippen molar-refractivity contribution in [2.75, 3.05) is 6.26 Å². The molecule has 0 aliphatic heterocycles. The second-order valence-electron chi connectivity index (χ2n) is 2.72. The fourth-order valence-electron chi connectivity index (χ4n) is 1.33. The van der Waals surface area contributed by atoms with Gasteiger partial charge in [-0.3, -0.25) is 0 Å². The van der Waals surface area contributed by atoms with Gasteiger partial charge in [0.05, 0.1) is 13.1 Å². The lowest BCUT2D eigenvalue weighted by Crippen LogP contribution is -1.76. The molecular formula is C10H6INS2. The molecule has 0 radical (unpaired) electrons. The number of nitrogens with zero attached hydrogens (tertiary/aromatic N) is 1. The molecule has 0 saturated carbocycles. The number of fused-ring (bicyclic) bond motifs is 1. The average Bonchev–Trinajstić information content (AvgIpc) is 2.57. The smallest absolute Gasteiger partial charge is 0.101 e. The molecule has 0 amide bonds. The van der Waals surface area contributed by atoms with Gasteiger partial charge in [-0.15, -0.1) is 23.1 Å². The van der Waals surface area contributed by atoms with Gasteiger partial charge in [-0.1, -0.05) is 0 Å². The Labute approximate surface area is 104 Å². The Hall–Kier alpha value is -0.250. The molecule has 4 heteroatoms. The Morgan fingerprint density at radius 2 is 2.29 bits per heavy atom. The van der Waals surface area contributed by atoms with Crippen LogP contribution in [0, 0.1) is 14.2 Å². The van der Waals surface area contributed by atoms with E-state index in [1.807, 2.05) is 12.1 Å². The van der Waals surface area contributed by atoms with E-state index in [9.17, 15) is 0 Å². The van der Waals surface area contributed by atoms with Crippen LogP contribution in [0.4, 0.5) is 0 Å². The second kappa shape index (κ2) is 4.09. The second-order valence-corrected chi connectivity index (χ2v) is 6.51. The summed E-state index contributed by atoms with van der Waals surface area (Å²) in [5, 5.41) is 10.2. The lowest BCUT2D eigenvalue weighted by atomic mass is 10.2. The molecule has 2 aromatic rings. The molecule has 0 fully saturated rings. The highest BCUT2D eigenvalue weighted by Crippen LogP contribution is 2.35. The first kappa shape index (κ1) is 10.3. The standard InChI is InChI=1S/C10H6INS2/c1-13-8-3-2-6(5-12)10-7(8)4-9(11)14-10/h2-4H,1H3. The minimum atomic E-state index is 0.783. The van der Waals surface area contributed by atoms with Crippen molar-refractivity contribution in [3.63, 3.8) is 0 Å². The van der Waals surface area contributed by atoms with Gasteiger partial charge in [0, 0.05) is 10.3 Å². The summed E-state index contributed by atoms with van der Waals surface area (Å²) in [6.07, 6.45) is 2.06. The molecule has 1 aromatic heterocycles. The van der Waals surface area contributed by atoms with Crippen molar-refractivity contribution in [2.45, 2.75) is 4.90 Å². The summed E-state index contributed by atoms with van der Waals surface area (Å²) in [4.78, 5) is 1.25. The summed E-state index contributed by atoms with van der Waals surface area (Å²) in [6.45, 7) is 0. The van der Waals surface area contributed by atoms with Gasteiger partial charge in [0.2, 0.25) is 0 Å². The van der Waals surface area contributed by atoms with Crippen LogP contribution >= 0.6 is 45.7 Å². The lowest BCUT2D eigenvalue weighted by molar-refractivity contribution is 1.49. The van der Waals surface area contributed by atoms with Crippen LogP contribution in [0.25, 0.3) is 10.1 Å². The van der Waals surface area contributed by atoms with E-state index in [1.54, 1.807) is 23.1 Å². The Morgan fingerprint density at radius 3 is 2.93 bits per heavy atom. The molecule has 1 heterocycles. The topological polar surface area (TPSA) is 23.8 Å². The monoisotopic (exact) mass is 331 g/mol. The first-order valence-electron chi connectivity index (χ1n) is 3.92. The molecule has 0 aliphatic carbocycles. The Kier molecular flexibility index (Phi) is 3.00. The predicted molar refractivity (Wildman–Crippen MR) is 71.0 cm³/mol. The van der Waals surface area contributed by atoms with Crippen molar-refractivity contribution in [3.05, 3.63) is 26.6 Å². The van der Waals surface area contributed by atoms with Crippen LogP contribution in [0.2, 0.25) is 0 Å². The van der Waals surface area contributed by atoms with Gasteiger partial charge in [0.15, 0.2) is 0 Å². The van der Waals surface area contributed by atoms with E-state index in [4.69, 9.17) is 5.26 Å². The van der Waals surface area contributed by atoms with E-state index in [1.165, 1.54) is 13.2 Å². The third-order valence-corrected chi connectivity index (χ3v) is 4.68. The van der Waals surface area contributed by atoms with Crippen molar-refractivity contribution < 1.29 is 0 Å². The zero-order valence-corrected chi connectivity index (χ0v) is 11.2. The highest BCUT2D eigenvalue weighted by atomic mass is 127. The summed E-state index contributed by atoms with van der Waals surface area (Å²) in [5.41, 5.74) is 0.783. The first-order chi connectivity index (χ1) is 6.76. The normalized spacial score (nSPS) is 10.4. The van der Waals surface area contributed by atoms with Gasteiger partial charge < -0.3 is 0 Å². The molecule has 0 spiro atoms. The summed E-state index contributed by atoms with van der Waals surface area (Å²) < 4.78 is 2.35. The number of hydrogen-bond acceptors (Lipinski definition) is 3. The van der Waals surface area contributed by atoms with Crippen molar-refractivity contribution >= 4 is 55.8 Å². The van der Waals surface area contributed by atoms with Crippen molar-refractivity contribution in [2.24, 2.45) is 0 Å². The molecular weight excluding hydrogens is 325 g/mol. The van der Waals surface area contributed by atoms with E-state index < -0.39 is 0 Å². The van der Waals surface area contributed by atoms with E-state index >= 15 is 0 Å². The third kappa shape index (κ3) is 1.64. The fourth-order valence-corrected chi connectivity index (χ4v) is 3.83. The number of thiophene rings is 1. The van der Waals surface area contributed by atoms with Gasteiger partial charge in [-0.2, -0.15) is 5.26 Å². The Balaban J connectivity index is 2.86. The number of nitriles is 1. The van der Waals surface area contributed by atoms with Crippen LogP contribution in [0.15, 0.2) is 23.1 Å². The zero-order valence-electron chi connectivity index (χ0n) is 7.37.